The molecule has 0 bridgehead atoms. The number of halogens is 1. The Morgan fingerprint density at radius 3 is 2.67 bits per heavy atom. The minimum atomic E-state index is -0.646. The number of aromatic nitrogens is 2. The molecule has 0 aliphatic carbocycles. The van der Waals surface area contributed by atoms with Crippen LogP contribution in [0, 0.1) is 0 Å². The molecule has 1 unspecified atom stereocenters. The van der Waals surface area contributed by atoms with Crippen molar-refractivity contribution in [1.29, 1.82) is 0 Å². The SMILES string of the molecule is Cn1c(Cl)cnc1C1N=C(NC(C)(C)C)NC1=O. The highest BCUT2D eigenvalue weighted by Crippen LogP contribution is 2.22. The van der Waals surface area contributed by atoms with Gasteiger partial charge in [0.2, 0.25) is 0 Å². The highest BCUT2D eigenvalue weighted by Gasteiger charge is 2.32. The van der Waals surface area contributed by atoms with Crippen LogP contribution in [0.5, 0.6) is 0 Å². The number of rotatable bonds is 1. The number of carbonyl (C=O) groups excluding carboxylic acids is 1. The molecule has 0 radical (unpaired) electrons. The largest absolute Gasteiger partial charge is 0.351 e. The molecule has 2 heterocycles. The molecule has 18 heavy (non-hydrogen) atoms. The first-order valence-electron chi connectivity index (χ1n) is 5.62. The van der Waals surface area contributed by atoms with Crippen molar-refractivity contribution in [2.24, 2.45) is 12.0 Å². The lowest BCUT2D eigenvalue weighted by atomic mass is 10.1. The van der Waals surface area contributed by atoms with Gasteiger partial charge in [-0.25, -0.2) is 9.98 Å². The third kappa shape index (κ3) is 2.48. The summed E-state index contributed by atoms with van der Waals surface area (Å²) in [4.78, 5) is 20.3. The minimum Gasteiger partial charge on any atom is -0.351 e. The lowest BCUT2D eigenvalue weighted by Crippen LogP contribution is -2.46. The van der Waals surface area contributed by atoms with Crippen molar-refractivity contribution in [3.05, 3.63) is 17.2 Å². The zero-order chi connectivity index (χ0) is 13.5. The van der Waals surface area contributed by atoms with Gasteiger partial charge in [0.1, 0.15) is 11.0 Å². The van der Waals surface area contributed by atoms with E-state index >= 15 is 0 Å². The molecule has 1 atom stereocenters. The van der Waals surface area contributed by atoms with Gasteiger partial charge in [0.15, 0.2) is 12.0 Å². The molecule has 0 saturated carbocycles. The van der Waals surface area contributed by atoms with Crippen LogP contribution in [-0.4, -0.2) is 27.0 Å². The first-order chi connectivity index (χ1) is 8.28. The Kier molecular flexibility index (Phi) is 3.06. The molecule has 98 valence electrons. The zero-order valence-electron chi connectivity index (χ0n) is 10.8. The smallest absolute Gasteiger partial charge is 0.259 e. The van der Waals surface area contributed by atoms with E-state index < -0.39 is 6.04 Å². The minimum absolute atomic E-state index is 0.166. The second-order valence-corrected chi connectivity index (χ2v) is 5.63. The monoisotopic (exact) mass is 269 g/mol. The Balaban J connectivity index is 2.25. The second kappa shape index (κ2) is 4.28. The van der Waals surface area contributed by atoms with Crippen molar-refractivity contribution in [2.75, 3.05) is 0 Å². The highest BCUT2D eigenvalue weighted by atomic mass is 35.5. The van der Waals surface area contributed by atoms with E-state index in [1.165, 1.54) is 6.20 Å². The maximum absolute atomic E-state index is 11.9. The summed E-state index contributed by atoms with van der Waals surface area (Å²) in [5, 5.41) is 6.30. The fraction of sp³-hybridized carbons (Fsp3) is 0.545. The summed E-state index contributed by atoms with van der Waals surface area (Å²) < 4.78 is 1.65. The first kappa shape index (κ1) is 12.9. The van der Waals surface area contributed by atoms with Gasteiger partial charge in [-0.2, -0.15) is 0 Å². The van der Waals surface area contributed by atoms with Crippen LogP contribution in [0.4, 0.5) is 0 Å². The number of aliphatic imine (C=N–C) groups is 1. The van der Waals surface area contributed by atoms with Crippen LogP contribution in [0.15, 0.2) is 11.2 Å². The summed E-state index contributed by atoms with van der Waals surface area (Å²) in [7, 11) is 1.75. The van der Waals surface area contributed by atoms with Gasteiger partial charge in [-0.05, 0) is 20.8 Å². The van der Waals surface area contributed by atoms with E-state index in [0.29, 0.717) is 16.9 Å². The molecule has 0 spiro atoms. The number of nitrogens with zero attached hydrogens (tertiary/aromatic N) is 3. The highest BCUT2D eigenvalue weighted by molar-refractivity contribution is 6.29. The molecule has 2 N–H and O–H groups in total. The predicted octanol–water partition coefficient (Wildman–Crippen LogP) is 0.988. The molecule has 0 aromatic carbocycles. The number of nitrogens with one attached hydrogen (secondary N) is 2. The van der Waals surface area contributed by atoms with Crippen LogP contribution < -0.4 is 10.6 Å². The normalized spacial score (nSPS) is 19.7. The van der Waals surface area contributed by atoms with E-state index in [4.69, 9.17) is 11.6 Å². The molecular formula is C11H16ClN5O. The molecule has 1 amide bonds. The Hall–Kier alpha value is -1.56. The molecule has 1 aliphatic heterocycles. The summed E-state index contributed by atoms with van der Waals surface area (Å²) in [5.41, 5.74) is -0.166. The molecule has 0 saturated heterocycles. The van der Waals surface area contributed by atoms with Gasteiger partial charge in [-0.3, -0.25) is 10.1 Å². The van der Waals surface area contributed by atoms with Gasteiger partial charge in [0, 0.05) is 12.6 Å². The van der Waals surface area contributed by atoms with Crippen molar-refractivity contribution >= 4 is 23.5 Å². The van der Waals surface area contributed by atoms with Crippen LogP contribution in [0.2, 0.25) is 5.15 Å². The van der Waals surface area contributed by atoms with Crippen LogP contribution in [0.3, 0.4) is 0 Å². The Morgan fingerprint density at radius 1 is 1.50 bits per heavy atom. The number of amides is 1. The summed E-state index contributed by atoms with van der Waals surface area (Å²) in [5.74, 6) is 0.798. The van der Waals surface area contributed by atoms with E-state index in [1.807, 2.05) is 20.8 Å². The van der Waals surface area contributed by atoms with Gasteiger partial charge in [-0.1, -0.05) is 11.6 Å². The quantitative estimate of drug-likeness (QED) is 0.799. The molecule has 6 nitrogen and oxygen atoms in total. The molecule has 1 aliphatic rings. The maximum atomic E-state index is 11.9. The first-order valence-corrected chi connectivity index (χ1v) is 6.00. The number of hydrogen-bond donors (Lipinski definition) is 2. The lowest BCUT2D eigenvalue weighted by molar-refractivity contribution is -0.120. The summed E-state index contributed by atoms with van der Waals surface area (Å²) in [6.45, 7) is 5.98. The van der Waals surface area contributed by atoms with Crippen LogP contribution in [0.25, 0.3) is 0 Å². The molecule has 2 rings (SSSR count). The van der Waals surface area contributed by atoms with Crippen molar-refractivity contribution < 1.29 is 4.79 Å². The summed E-state index contributed by atoms with van der Waals surface area (Å²) in [6, 6.07) is -0.646. The second-order valence-electron chi connectivity index (χ2n) is 5.24. The van der Waals surface area contributed by atoms with Crippen molar-refractivity contribution in [3.63, 3.8) is 0 Å². The maximum Gasteiger partial charge on any atom is 0.259 e. The van der Waals surface area contributed by atoms with Gasteiger partial charge in [0.25, 0.3) is 5.91 Å². The van der Waals surface area contributed by atoms with Gasteiger partial charge < -0.3 is 9.88 Å². The van der Waals surface area contributed by atoms with Crippen molar-refractivity contribution in [1.82, 2.24) is 20.2 Å². The predicted molar refractivity (Wildman–Crippen MR) is 69.4 cm³/mol. The average molecular weight is 270 g/mol. The van der Waals surface area contributed by atoms with Crippen LogP contribution in [0.1, 0.15) is 32.6 Å². The topological polar surface area (TPSA) is 71.3 Å². The average Bonchev–Trinajstić information content (AvgIpc) is 2.70. The number of imidazole rings is 1. The molecular weight excluding hydrogens is 254 g/mol. The van der Waals surface area contributed by atoms with Crippen molar-refractivity contribution in [2.45, 2.75) is 32.4 Å². The summed E-state index contributed by atoms with van der Waals surface area (Å²) in [6.07, 6.45) is 1.51. The van der Waals surface area contributed by atoms with Gasteiger partial charge >= 0.3 is 0 Å². The van der Waals surface area contributed by atoms with Crippen molar-refractivity contribution in [3.8, 4) is 0 Å². The zero-order valence-corrected chi connectivity index (χ0v) is 11.5. The third-order valence-electron chi connectivity index (χ3n) is 2.45. The fourth-order valence-electron chi connectivity index (χ4n) is 1.65. The third-order valence-corrected chi connectivity index (χ3v) is 2.80. The Morgan fingerprint density at radius 2 is 2.17 bits per heavy atom. The lowest BCUT2D eigenvalue weighted by Gasteiger charge is -2.21. The fourth-order valence-corrected chi connectivity index (χ4v) is 1.79. The number of carbonyl (C=O) groups is 1. The van der Waals surface area contributed by atoms with Gasteiger partial charge in [-0.15, -0.1) is 0 Å². The van der Waals surface area contributed by atoms with Crippen LogP contribution in [-0.2, 0) is 11.8 Å². The Labute approximate surface area is 110 Å². The number of guanidine groups is 1. The van der Waals surface area contributed by atoms with E-state index in [2.05, 4.69) is 20.6 Å². The number of hydrogen-bond acceptors (Lipinski definition) is 4. The standard InChI is InChI=1S/C11H16ClN5O/c1-11(2,3)16-10-14-7(9(18)15-10)8-13-5-6(12)17(8)4/h5,7H,1-4H3,(H2,14,15,16,18). The molecule has 7 heteroatoms. The molecule has 1 aromatic rings. The van der Waals surface area contributed by atoms with Gasteiger partial charge in [0.05, 0.1) is 6.20 Å². The molecule has 1 aromatic heterocycles. The molecule has 0 fully saturated rings. The van der Waals surface area contributed by atoms with Crippen LogP contribution >= 0.6 is 11.6 Å². The van der Waals surface area contributed by atoms with E-state index in [-0.39, 0.29) is 11.4 Å². The van der Waals surface area contributed by atoms with E-state index in [0.717, 1.165) is 0 Å². The Bertz CT molecular complexity index is 514. The van der Waals surface area contributed by atoms with E-state index in [9.17, 15) is 4.79 Å². The van der Waals surface area contributed by atoms with E-state index in [1.54, 1.807) is 11.6 Å². The summed E-state index contributed by atoms with van der Waals surface area (Å²) >= 11 is 5.90.